The lowest BCUT2D eigenvalue weighted by Gasteiger charge is -2.17. The molecule has 0 heterocycles. The van der Waals surface area contributed by atoms with Gasteiger partial charge in [-0.05, 0) is 18.2 Å². The van der Waals surface area contributed by atoms with Crippen LogP contribution in [0.2, 0.25) is 0 Å². The van der Waals surface area contributed by atoms with Crippen molar-refractivity contribution in [3.8, 4) is 5.75 Å². The summed E-state index contributed by atoms with van der Waals surface area (Å²) in [6, 6.07) is 4.16. The lowest BCUT2D eigenvalue weighted by molar-refractivity contribution is -0.156. The van der Waals surface area contributed by atoms with Crippen molar-refractivity contribution in [3.63, 3.8) is 0 Å². The molecular weight excluding hydrogens is 280 g/mol. The number of rotatable bonds is 3. The molecule has 1 aromatic carbocycles. The Labute approximate surface area is 100 Å². The highest BCUT2D eigenvalue weighted by molar-refractivity contribution is 9.10. The summed E-state index contributed by atoms with van der Waals surface area (Å²) in [5.41, 5.74) is 0.206. The zero-order chi connectivity index (χ0) is 12.3. The number of hydrogen-bond donors (Lipinski definition) is 3. The summed E-state index contributed by atoms with van der Waals surface area (Å²) < 4.78 is 4.77. The second-order valence-corrected chi connectivity index (χ2v) is 3.97. The first-order valence-corrected chi connectivity index (χ1v) is 5.19. The van der Waals surface area contributed by atoms with Gasteiger partial charge in [-0.3, -0.25) is 0 Å². The highest BCUT2D eigenvalue weighted by atomic mass is 79.9. The van der Waals surface area contributed by atoms with Gasteiger partial charge in [-0.2, -0.15) is 0 Å². The first-order chi connectivity index (χ1) is 7.47. The number of aliphatic hydroxyl groups is 2. The zero-order valence-corrected chi connectivity index (χ0v) is 10.0. The van der Waals surface area contributed by atoms with Gasteiger partial charge < -0.3 is 20.1 Å². The molecule has 0 radical (unpaired) electrons. The van der Waals surface area contributed by atoms with Gasteiger partial charge in [0.15, 0.2) is 6.10 Å². The van der Waals surface area contributed by atoms with Crippen LogP contribution in [0.4, 0.5) is 0 Å². The molecule has 0 aromatic heterocycles. The Morgan fingerprint density at radius 1 is 1.44 bits per heavy atom. The maximum absolute atomic E-state index is 11.0. The van der Waals surface area contributed by atoms with E-state index in [9.17, 15) is 20.1 Å². The van der Waals surface area contributed by atoms with E-state index in [1.54, 1.807) is 0 Å². The molecule has 1 rings (SSSR count). The summed E-state index contributed by atoms with van der Waals surface area (Å²) in [4.78, 5) is 11.0. The van der Waals surface area contributed by atoms with Crippen LogP contribution in [0.3, 0.4) is 0 Å². The van der Waals surface area contributed by atoms with Gasteiger partial charge in [0, 0.05) is 10.0 Å². The number of phenolic OH excluding ortho intramolecular Hbond substituents is 1. The topological polar surface area (TPSA) is 87.0 Å². The van der Waals surface area contributed by atoms with Crippen LogP contribution in [0.25, 0.3) is 0 Å². The lowest BCUT2D eigenvalue weighted by Crippen LogP contribution is -2.29. The molecular formula is C10H11BrO5. The minimum atomic E-state index is -1.69. The first kappa shape index (κ1) is 13.0. The van der Waals surface area contributed by atoms with Crippen molar-refractivity contribution in [2.75, 3.05) is 7.11 Å². The van der Waals surface area contributed by atoms with Gasteiger partial charge in [0.05, 0.1) is 7.11 Å². The predicted octanol–water partition coefficient (Wildman–Crippen LogP) is 0.722. The number of esters is 1. The highest BCUT2D eigenvalue weighted by Crippen LogP contribution is 2.29. The zero-order valence-electron chi connectivity index (χ0n) is 8.42. The van der Waals surface area contributed by atoms with Gasteiger partial charge in [-0.15, -0.1) is 0 Å². The van der Waals surface area contributed by atoms with Crippen molar-refractivity contribution in [1.82, 2.24) is 0 Å². The number of ether oxygens (including phenoxy) is 1. The smallest absolute Gasteiger partial charge is 0.337 e. The number of aliphatic hydroxyl groups excluding tert-OH is 2. The Morgan fingerprint density at radius 2 is 2.06 bits per heavy atom. The number of benzene rings is 1. The highest BCUT2D eigenvalue weighted by Gasteiger charge is 2.28. The van der Waals surface area contributed by atoms with E-state index >= 15 is 0 Å². The van der Waals surface area contributed by atoms with Gasteiger partial charge >= 0.3 is 5.97 Å². The number of phenols is 1. The summed E-state index contributed by atoms with van der Waals surface area (Å²) in [5.74, 6) is -1.02. The third kappa shape index (κ3) is 2.72. The lowest BCUT2D eigenvalue weighted by atomic mass is 10.0. The van der Waals surface area contributed by atoms with Crippen LogP contribution in [0, 0.1) is 0 Å². The molecule has 0 spiro atoms. The number of hydrogen-bond acceptors (Lipinski definition) is 5. The molecule has 5 nitrogen and oxygen atoms in total. The second-order valence-electron chi connectivity index (χ2n) is 3.12. The fourth-order valence-corrected chi connectivity index (χ4v) is 1.66. The molecule has 3 N–H and O–H groups in total. The summed E-state index contributed by atoms with van der Waals surface area (Å²) in [5, 5.41) is 28.4. The minimum absolute atomic E-state index is 0.0747. The Kier molecular flexibility index (Phi) is 4.28. The molecule has 0 aliphatic rings. The third-order valence-corrected chi connectivity index (χ3v) is 2.76. The van der Waals surface area contributed by atoms with Crippen molar-refractivity contribution in [2.45, 2.75) is 12.2 Å². The SMILES string of the molecule is COC(=O)C(O)C(O)c1cc(O)ccc1Br. The van der Waals surface area contributed by atoms with Gasteiger partial charge in [-0.1, -0.05) is 15.9 Å². The maximum atomic E-state index is 11.0. The molecule has 0 fully saturated rings. The van der Waals surface area contributed by atoms with Gasteiger partial charge in [0.1, 0.15) is 11.9 Å². The summed E-state index contributed by atoms with van der Waals surface area (Å²) in [6.07, 6.45) is -3.16. The number of halogens is 1. The minimum Gasteiger partial charge on any atom is -0.508 e. The third-order valence-electron chi connectivity index (χ3n) is 2.04. The molecule has 6 heteroatoms. The van der Waals surface area contributed by atoms with Crippen LogP contribution < -0.4 is 0 Å². The molecule has 2 unspecified atom stereocenters. The molecule has 0 aliphatic carbocycles. The second kappa shape index (κ2) is 5.29. The summed E-state index contributed by atoms with van der Waals surface area (Å²) in [6.45, 7) is 0. The van der Waals surface area contributed by atoms with Crippen LogP contribution in [0.15, 0.2) is 22.7 Å². The Balaban J connectivity index is 2.99. The van der Waals surface area contributed by atoms with E-state index in [4.69, 9.17) is 0 Å². The van der Waals surface area contributed by atoms with Crippen LogP contribution in [0.5, 0.6) is 5.75 Å². The first-order valence-electron chi connectivity index (χ1n) is 4.39. The molecule has 0 saturated carbocycles. The fourth-order valence-electron chi connectivity index (χ4n) is 1.18. The van der Waals surface area contributed by atoms with E-state index in [-0.39, 0.29) is 11.3 Å². The van der Waals surface area contributed by atoms with Crippen LogP contribution >= 0.6 is 15.9 Å². The van der Waals surface area contributed by atoms with E-state index in [1.807, 2.05) is 0 Å². The summed E-state index contributed by atoms with van der Waals surface area (Å²) >= 11 is 3.14. The quantitative estimate of drug-likeness (QED) is 0.714. The van der Waals surface area contributed by atoms with E-state index in [0.29, 0.717) is 4.47 Å². The molecule has 0 aliphatic heterocycles. The average Bonchev–Trinajstić information content (AvgIpc) is 2.29. The number of methoxy groups -OCH3 is 1. The normalized spacial score (nSPS) is 14.2. The van der Waals surface area contributed by atoms with Crippen LogP contribution in [-0.2, 0) is 9.53 Å². The van der Waals surface area contributed by atoms with Crippen molar-refractivity contribution in [3.05, 3.63) is 28.2 Å². The summed E-state index contributed by atoms with van der Waals surface area (Å²) in [7, 11) is 1.11. The maximum Gasteiger partial charge on any atom is 0.337 e. The van der Waals surface area contributed by atoms with Gasteiger partial charge in [0.25, 0.3) is 0 Å². The molecule has 0 saturated heterocycles. The predicted molar refractivity (Wildman–Crippen MR) is 58.8 cm³/mol. The molecule has 0 bridgehead atoms. The average molecular weight is 291 g/mol. The molecule has 1 aromatic rings. The molecule has 0 amide bonds. The molecule has 2 atom stereocenters. The van der Waals surface area contributed by atoms with Crippen molar-refractivity contribution in [2.24, 2.45) is 0 Å². The van der Waals surface area contributed by atoms with Crippen molar-refractivity contribution < 1.29 is 24.9 Å². The Bertz CT molecular complexity index is 393. The Hall–Kier alpha value is -1.11. The van der Waals surface area contributed by atoms with Gasteiger partial charge in [-0.25, -0.2) is 4.79 Å². The fraction of sp³-hybridized carbons (Fsp3) is 0.300. The van der Waals surface area contributed by atoms with Gasteiger partial charge in [0.2, 0.25) is 0 Å². The number of carbonyl (C=O) groups is 1. The number of carbonyl (C=O) groups excluding carboxylic acids is 1. The Morgan fingerprint density at radius 3 is 2.62 bits per heavy atom. The van der Waals surface area contributed by atoms with Crippen molar-refractivity contribution >= 4 is 21.9 Å². The van der Waals surface area contributed by atoms with E-state index < -0.39 is 18.2 Å². The number of aromatic hydroxyl groups is 1. The van der Waals surface area contributed by atoms with Crippen molar-refractivity contribution in [1.29, 1.82) is 0 Å². The van der Waals surface area contributed by atoms with E-state index in [1.165, 1.54) is 18.2 Å². The molecule has 16 heavy (non-hydrogen) atoms. The van der Waals surface area contributed by atoms with Crippen LogP contribution in [0.1, 0.15) is 11.7 Å². The van der Waals surface area contributed by atoms with Crippen LogP contribution in [-0.4, -0.2) is 34.5 Å². The van der Waals surface area contributed by atoms with E-state index in [0.717, 1.165) is 7.11 Å². The monoisotopic (exact) mass is 290 g/mol. The standard InChI is InChI=1S/C10H11BrO5/c1-16-10(15)9(14)8(13)6-4-5(12)2-3-7(6)11/h2-4,8-9,12-14H,1H3. The largest absolute Gasteiger partial charge is 0.508 e. The molecule has 88 valence electrons. The van der Waals surface area contributed by atoms with E-state index in [2.05, 4.69) is 20.7 Å².